The molecule has 1 N–H and O–H groups in total. The molecule has 0 unspecified atom stereocenters. The molecule has 2 aromatic rings. The summed E-state index contributed by atoms with van der Waals surface area (Å²) in [6, 6.07) is 13.6. The third-order valence-electron chi connectivity index (χ3n) is 5.70. The van der Waals surface area contributed by atoms with E-state index < -0.39 is 34.1 Å². The lowest BCUT2D eigenvalue weighted by atomic mass is 10.1. The summed E-state index contributed by atoms with van der Waals surface area (Å²) < 4.78 is 37.4. The summed E-state index contributed by atoms with van der Waals surface area (Å²) in [5, 5.41) is 2.95. The Morgan fingerprint density at radius 3 is 2.19 bits per heavy atom. The Balaban J connectivity index is 2.47. The fourth-order valence-electron chi connectivity index (χ4n) is 3.94. The molecule has 0 aromatic heterocycles. The number of carbonyl (C=O) groups excluding carboxylic acids is 2. The van der Waals surface area contributed by atoms with E-state index in [-0.39, 0.29) is 23.9 Å². The molecule has 1 atom stereocenters. The third-order valence-corrected chi connectivity index (χ3v) is 6.83. The summed E-state index contributed by atoms with van der Waals surface area (Å²) >= 11 is 0. The maximum Gasteiger partial charge on any atom is 0.244 e. The van der Waals surface area contributed by atoms with Gasteiger partial charge in [0.05, 0.1) is 26.2 Å². The predicted molar refractivity (Wildman–Crippen MR) is 146 cm³/mol. The minimum atomic E-state index is -3.90. The lowest BCUT2D eigenvalue weighted by Crippen LogP contribution is -2.56. The number of hydrogen-bond donors (Lipinski definition) is 1. The highest BCUT2D eigenvalue weighted by atomic mass is 32.2. The van der Waals surface area contributed by atoms with Gasteiger partial charge in [0.1, 0.15) is 24.1 Å². The highest BCUT2D eigenvalue weighted by molar-refractivity contribution is 7.92. The summed E-state index contributed by atoms with van der Waals surface area (Å²) in [6.45, 7) is 7.17. The molecule has 0 spiro atoms. The molecule has 0 aliphatic heterocycles. The second-order valence-electron chi connectivity index (χ2n) is 9.79. The van der Waals surface area contributed by atoms with Crippen molar-refractivity contribution in [2.75, 3.05) is 37.9 Å². The molecule has 0 fully saturated rings. The van der Waals surface area contributed by atoms with Crippen molar-refractivity contribution in [3.05, 3.63) is 54.1 Å². The maximum absolute atomic E-state index is 13.8. The zero-order valence-electron chi connectivity index (χ0n) is 22.8. The number of ether oxygens (including phenoxy) is 2. The Labute approximate surface area is 220 Å². The van der Waals surface area contributed by atoms with Crippen LogP contribution in [0.4, 0.5) is 5.69 Å². The van der Waals surface area contributed by atoms with Crippen molar-refractivity contribution >= 4 is 27.5 Å². The Hall–Kier alpha value is -3.27. The lowest BCUT2D eigenvalue weighted by molar-refractivity contribution is -0.140. The highest BCUT2D eigenvalue weighted by Crippen LogP contribution is 2.34. The highest BCUT2D eigenvalue weighted by Gasteiger charge is 2.33. The van der Waals surface area contributed by atoms with Crippen LogP contribution >= 0.6 is 0 Å². The smallest absolute Gasteiger partial charge is 0.244 e. The molecule has 2 amide bonds. The van der Waals surface area contributed by atoms with E-state index in [2.05, 4.69) is 5.32 Å². The van der Waals surface area contributed by atoms with Crippen LogP contribution in [-0.4, -0.2) is 70.3 Å². The first kappa shape index (κ1) is 30.0. The Morgan fingerprint density at radius 2 is 1.68 bits per heavy atom. The van der Waals surface area contributed by atoms with E-state index >= 15 is 0 Å². The first-order valence-electron chi connectivity index (χ1n) is 12.2. The van der Waals surface area contributed by atoms with Gasteiger partial charge in [-0.1, -0.05) is 37.3 Å². The number of amides is 2. The van der Waals surface area contributed by atoms with Crippen molar-refractivity contribution in [1.29, 1.82) is 0 Å². The summed E-state index contributed by atoms with van der Waals surface area (Å²) in [6.07, 6.45) is 1.90. The van der Waals surface area contributed by atoms with Crippen LogP contribution < -0.4 is 19.1 Å². The predicted octanol–water partition coefficient (Wildman–Crippen LogP) is 3.23. The minimum Gasteiger partial charge on any atom is -0.497 e. The molecular formula is C27H39N3O6S. The number of benzene rings is 2. The quantitative estimate of drug-likeness (QED) is 0.449. The van der Waals surface area contributed by atoms with E-state index in [0.29, 0.717) is 18.6 Å². The van der Waals surface area contributed by atoms with E-state index in [4.69, 9.17) is 9.47 Å². The number of nitrogens with one attached hydrogen (secondary N) is 1. The molecule has 0 aliphatic rings. The monoisotopic (exact) mass is 533 g/mol. The zero-order chi connectivity index (χ0) is 27.8. The van der Waals surface area contributed by atoms with Gasteiger partial charge in [0.2, 0.25) is 21.8 Å². The average molecular weight is 534 g/mol. The van der Waals surface area contributed by atoms with Gasteiger partial charge in [-0.3, -0.25) is 13.9 Å². The van der Waals surface area contributed by atoms with E-state index in [9.17, 15) is 18.0 Å². The van der Waals surface area contributed by atoms with Crippen molar-refractivity contribution in [2.24, 2.45) is 0 Å². The standard InChI is InChI=1S/C27H39N3O6S/c1-8-22(26(32)28-27(2,3)4)29(17-16-20-12-10-9-11-13-20)25(31)19-30(37(7,33)34)23-18-21(35-5)14-15-24(23)36-6/h9-15,18,22H,8,16-17,19H2,1-7H3,(H,28,32)/t22-/m1/s1. The molecule has 0 radical (unpaired) electrons. The van der Waals surface area contributed by atoms with E-state index in [0.717, 1.165) is 16.1 Å². The van der Waals surface area contributed by atoms with Crippen LogP contribution in [0, 0.1) is 0 Å². The van der Waals surface area contributed by atoms with Gasteiger partial charge in [-0.2, -0.15) is 0 Å². The lowest BCUT2D eigenvalue weighted by Gasteiger charge is -2.34. The number of methoxy groups -OCH3 is 2. The molecule has 10 heteroatoms. The molecular weight excluding hydrogens is 494 g/mol. The van der Waals surface area contributed by atoms with Crippen molar-refractivity contribution in [3.63, 3.8) is 0 Å². The second kappa shape index (κ2) is 12.8. The Bertz CT molecular complexity index is 1160. The topological polar surface area (TPSA) is 105 Å². The summed E-state index contributed by atoms with van der Waals surface area (Å²) in [5.41, 5.74) is 0.680. The normalized spacial score (nSPS) is 12.4. The van der Waals surface area contributed by atoms with Gasteiger partial charge in [0.15, 0.2) is 0 Å². The molecule has 9 nitrogen and oxygen atoms in total. The van der Waals surface area contributed by atoms with Gasteiger partial charge in [-0.05, 0) is 51.3 Å². The molecule has 0 bridgehead atoms. The molecule has 0 saturated carbocycles. The van der Waals surface area contributed by atoms with Gasteiger partial charge in [-0.15, -0.1) is 0 Å². The van der Waals surface area contributed by atoms with Gasteiger partial charge in [0.25, 0.3) is 0 Å². The fourth-order valence-corrected chi connectivity index (χ4v) is 4.78. The van der Waals surface area contributed by atoms with Gasteiger partial charge in [0, 0.05) is 18.2 Å². The summed E-state index contributed by atoms with van der Waals surface area (Å²) in [4.78, 5) is 28.5. The minimum absolute atomic E-state index is 0.174. The Kier molecular flexibility index (Phi) is 10.4. The molecule has 2 rings (SSSR count). The first-order chi connectivity index (χ1) is 17.3. The third kappa shape index (κ3) is 8.66. The van der Waals surface area contributed by atoms with E-state index in [1.165, 1.54) is 25.2 Å². The number of hydrogen-bond acceptors (Lipinski definition) is 6. The molecule has 0 saturated heterocycles. The van der Waals surface area contributed by atoms with Crippen molar-refractivity contribution in [3.8, 4) is 11.5 Å². The van der Waals surface area contributed by atoms with Crippen LogP contribution in [0.1, 0.15) is 39.7 Å². The van der Waals surface area contributed by atoms with Gasteiger partial charge in [-0.25, -0.2) is 8.42 Å². The Morgan fingerprint density at radius 1 is 1.03 bits per heavy atom. The average Bonchev–Trinajstić information content (AvgIpc) is 2.83. The molecule has 0 heterocycles. The molecule has 2 aromatic carbocycles. The van der Waals surface area contributed by atoms with Crippen LogP contribution in [-0.2, 0) is 26.0 Å². The maximum atomic E-state index is 13.8. The van der Waals surface area contributed by atoms with Crippen LogP contribution in [0.5, 0.6) is 11.5 Å². The molecule has 204 valence electrons. The van der Waals surface area contributed by atoms with Crippen LogP contribution in [0.3, 0.4) is 0 Å². The van der Waals surface area contributed by atoms with Crippen LogP contribution in [0.15, 0.2) is 48.5 Å². The second-order valence-corrected chi connectivity index (χ2v) is 11.7. The van der Waals surface area contributed by atoms with Crippen molar-refractivity contribution < 1.29 is 27.5 Å². The number of sulfonamides is 1. The van der Waals surface area contributed by atoms with E-state index in [1.54, 1.807) is 12.1 Å². The number of nitrogens with zero attached hydrogens (tertiary/aromatic N) is 2. The summed E-state index contributed by atoms with van der Waals surface area (Å²) in [7, 11) is -1.02. The van der Waals surface area contributed by atoms with Crippen LogP contribution in [0.25, 0.3) is 0 Å². The largest absolute Gasteiger partial charge is 0.497 e. The number of rotatable bonds is 12. The van der Waals surface area contributed by atoms with Crippen molar-refractivity contribution in [2.45, 2.75) is 52.1 Å². The number of anilines is 1. The van der Waals surface area contributed by atoms with Crippen molar-refractivity contribution in [1.82, 2.24) is 10.2 Å². The SMILES string of the molecule is CC[C@H](C(=O)NC(C)(C)C)N(CCc1ccccc1)C(=O)CN(c1cc(OC)ccc1OC)S(C)(=O)=O. The first-order valence-corrected chi connectivity index (χ1v) is 14.0. The summed E-state index contributed by atoms with van der Waals surface area (Å²) in [5.74, 6) is -0.107. The molecule has 0 aliphatic carbocycles. The van der Waals surface area contributed by atoms with Crippen LogP contribution in [0.2, 0.25) is 0 Å². The van der Waals surface area contributed by atoms with Gasteiger partial charge < -0.3 is 19.7 Å². The van der Waals surface area contributed by atoms with Gasteiger partial charge >= 0.3 is 0 Å². The van der Waals surface area contributed by atoms with E-state index in [1.807, 2.05) is 58.0 Å². The molecule has 37 heavy (non-hydrogen) atoms. The number of carbonyl (C=O) groups is 2. The fraction of sp³-hybridized carbons (Fsp3) is 0.481. The zero-order valence-corrected chi connectivity index (χ0v) is 23.6.